The SMILES string of the molecule is CCC(CC)(CC)[CH2][Na]. The molecule has 0 aromatic rings. The first-order valence-electron chi connectivity index (χ1n) is 4.24. The van der Waals surface area contributed by atoms with Crippen molar-refractivity contribution in [1.29, 1.82) is 0 Å². The second kappa shape index (κ2) is 4.76. The molecule has 0 nitrogen and oxygen atoms in total. The Hall–Kier alpha value is 1.00. The maximum absolute atomic E-state index is 2.32. The molecule has 0 aliphatic carbocycles. The molecule has 0 aliphatic rings. The average molecular weight is 136 g/mol. The van der Waals surface area contributed by atoms with E-state index in [9.17, 15) is 0 Å². The minimum atomic E-state index is 0.728. The van der Waals surface area contributed by atoms with Crippen LogP contribution in [0.5, 0.6) is 0 Å². The Balaban J connectivity index is 3.82. The van der Waals surface area contributed by atoms with Crippen LogP contribution in [0.3, 0.4) is 0 Å². The van der Waals surface area contributed by atoms with Gasteiger partial charge < -0.3 is 0 Å². The zero-order chi connectivity index (χ0) is 7.33. The van der Waals surface area contributed by atoms with Crippen LogP contribution in [0.1, 0.15) is 40.0 Å². The molecule has 50 valence electrons. The van der Waals surface area contributed by atoms with Crippen molar-refractivity contribution in [3.05, 3.63) is 0 Å². The Morgan fingerprint density at radius 3 is 1.33 bits per heavy atom. The van der Waals surface area contributed by atoms with Crippen molar-refractivity contribution in [1.82, 2.24) is 0 Å². The van der Waals surface area contributed by atoms with Gasteiger partial charge in [-0.1, -0.05) is 0 Å². The van der Waals surface area contributed by atoms with E-state index in [-0.39, 0.29) is 0 Å². The van der Waals surface area contributed by atoms with E-state index in [1.807, 2.05) is 0 Å². The summed E-state index contributed by atoms with van der Waals surface area (Å²) in [6.07, 6.45) is 4.14. The molecule has 0 amide bonds. The van der Waals surface area contributed by atoms with Crippen LogP contribution < -0.4 is 0 Å². The Labute approximate surface area is 76.8 Å². The topological polar surface area (TPSA) is 0 Å². The van der Waals surface area contributed by atoms with Gasteiger partial charge in [-0.05, 0) is 0 Å². The molecule has 0 N–H and O–H groups in total. The van der Waals surface area contributed by atoms with Gasteiger partial charge in [0.1, 0.15) is 0 Å². The van der Waals surface area contributed by atoms with E-state index < -0.39 is 0 Å². The summed E-state index contributed by atoms with van der Waals surface area (Å²) in [6.45, 7) is 6.97. The van der Waals surface area contributed by atoms with E-state index in [0.29, 0.717) is 0 Å². The normalized spacial score (nSPS) is 12.1. The Morgan fingerprint density at radius 2 is 1.33 bits per heavy atom. The predicted molar refractivity (Wildman–Crippen MR) is 43.9 cm³/mol. The quantitative estimate of drug-likeness (QED) is 0.521. The summed E-state index contributed by atoms with van der Waals surface area (Å²) in [6, 6.07) is 0. The minimum absolute atomic E-state index is 0.728. The van der Waals surface area contributed by atoms with E-state index in [1.54, 1.807) is 0 Å². The fraction of sp³-hybridized carbons (Fsp3) is 1.00. The van der Waals surface area contributed by atoms with Crippen LogP contribution in [0.15, 0.2) is 0 Å². The van der Waals surface area contributed by atoms with Crippen LogP contribution >= 0.6 is 0 Å². The van der Waals surface area contributed by atoms with Gasteiger partial charge >= 0.3 is 77.0 Å². The Morgan fingerprint density at radius 1 is 1.00 bits per heavy atom. The molecule has 0 rings (SSSR count). The molecule has 0 fully saturated rings. The molecule has 0 aromatic carbocycles. The van der Waals surface area contributed by atoms with Gasteiger partial charge in [-0.15, -0.1) is 0 Å². The van der Waals surface area contributed by atoms with Crippen LogP contribution in [0.4, 0.5) is 0 Å². The fourth-order valence-corrected chi connectivity index (χ4v) is 3.00. The van der Waals surface area contributed by atoms with E-state index in [0.717, 1.165) is 5.41 Å². The molecule has 0 bridgehead atoms. The van der Waals surface area contributed by atoms with Crippen LogP contribution in [-0.4, -0.2) is 27.9 Å². The van der Waals surface area contributed by atoms with Crippen LogP contribution in [0.2, 0.25) is 3.67 Å². The molecule has 0 saturated heterocycles. The molecule has 0 unspecified atom stereocenters. The van der Waals surface area contributed by atoms with E-state index in [2.05, 4.69) is 20.8 Å². The Kier molecular flexibility index (Phi) is 5.29. The molecule has 0 radical (unpaired) electrons. The fourth-order valence-electron chi connectivity index (χ4n) is 1.50. The maximum atomic E-state index is 2.32. The van der Waals surface area contributed by atoms with E-state index >= 15 is 0 Å². The van der Waals surface area contributed by atoms with Gasteiger partial charge in [0.2, 0.25) is 0 Å². The summed E-state index contributed by atoms with van der Waals surface area (Å²) < 4.78 is 1.48. The molecule has 0 aromatic heterocycles. The molecule has 9 heavy (non-hydrogen) atoms. The van der Waals surface area contributed by atoms with Crippen molar-refractivity contribution >= 4 is 27.9 Å². The Bertz CT molecular complexity index is 47.5. The third kappa shape index (κ3) is 2.61. The van der Waals surface area contributed by atoms with Crippen molar-refractivity contribution in [3.63, 3.8) is 0 Å². The monoisotopic (exact) mass is 136 g/mol. The van der Waals surface area contributed by atoms with Gasteiger partial charge in [-0.3, -0.25) is 0 Å². The summed E-state index contributed by atoms with van der Waals surface area (Å²) in [4.78, 5) is 0. The zero-order valence-corrected chi connectivity index (χ0v) is 9.33. The van der Waals surface area contributed by atoms with E-state index in [1.165, 1.54) is 50.9 Å². The average Bonchev–Trinajstić information content (AvgIpc) is 1.95. The molecule has 1 heteroatoms. The number of hydrogen-bond acceptors (Lipinski definition) is 0. The second-order valence-corrected chi connectivity index (χ2v) is 3.62. The van der Waals surface area contributed by atoms with Gasteiger partial charge in [0.25, 0.3) is 0 Å². The summed E-state index contributed by atoms with van der Waals surface area (Å²) in [5.74, 6) is 0. The summed E-state index contributed by atoms with van der Waals surface area (Å²) >= 11 is 1.38. The number of hydrogen-bond donors (Lipinski definition) is 0. The zero-order valence-electron chi connectivity index (χ0n) is 7.33. The third-order valence-corrected chi connectivity index (χ3v) is 4.50. The van der Waals surface area contributed by atoms with Gasteiger partial charge in [0.05, 0.1) is 0 Å². The van der Waals surface area contributed by atoms with Gasteiger partial charge in [0.15, 0.2) is 0 Å². The summed E-state index contributed by atoms with van der Waals surface area (Å²) in [5, 5.41) is 0. The molecular weight excluding hydrogens is 119 g/mol. The molecule has 0 heterocycles. The van der Waals surface area contributed by atoms with Crippen LogP contribution in [-0.2, 0) is 0 Å². The first-order valence-corrected chi connectivity index (χ1v) is 5.66. The molecule has 0 aliphatic heterocycles. The van der Waals surface area contributed by atoms with Crippen molar-refractivity contribution < 1.29 is 0 Å². The van der Waals surface area contributed by atoms with Gasteiger partial charge in [-0.2, -0.15) is 0 Å². The summed E-state index contributed by atoms with van der Waals surface area (Å²) in [7, 11) is 0. The molecule has 0 spiro atoms. The molecule has 0 saturated carbocycles. The van der Waals surface area contributed by atoms with Gasteiger partial charge in [0, 0.05) is 0 Å². The first kappa shape index (κ1) is 10.0. The molecule has 0 atom stereocenters. The first-order chi connectivity index (χ1) is 4.24. The number of rotatable bonds is 4. The van der Waals surface area contributed by atoms with Gasteiger partial charge in [-0.25, -0.2) is 0 Å². The van der Waals surface area contributed by atoms with Crippen LogP contribution in [0, 0.1) is 5.41 Å². The van der Waals surface area contributed by atoms with E-state index in [4.69, 9.17) is 0 Å². The van der Waals surface area contributed by atoms with Crippen molar-refractivity contribution in [2.45, 2.75) is 43.7 Å². The molecular formula is C8H17Na. The standard InChI is InChI=1S/C8H17.Na/c1-5-8(4,6-2)7-3;/h4-7H2,1-3H3;. The van der Waals surface area contributed by atoms with Crippen molar-refractivity contribution in [2.75, 3.05) is 0 Å². The predicted octanol–water partition coefficient (Wildman–Crippen LogP) is 2.79. The summed E-state index contributed by atoms with van der Waals surface area (Å²) in [5.41, 5.74) is 0.728. The van der Waals surface area contributed by atoms with Crippen molar-refractivity contribution in [2.24, 2.45) is 5.41 Å². The van der Waals surface area contributed by atoms with Crippen molar-refractivity contribution in [3.8, 4) is 0 Å². The second-order valence-electron chi connectivity index (χ2n) is 2.91. The van der Waals surface area contributed by atoms with Crippen LogP contribution in [0.25, 0.3) is 0 Å². The third-order valence-electron chi connectivity index (χ3n) is 3.00.